The first-order valence-electron chi connectivity index (χ1n) is 5.67. The Balaban J connectivity index is 2.14. The van der Waals surface area contributed by atoms with Crippen LogP contribution >= 0.6 is 34.8 Å². The summed E-state index contributed by atoms with van der Waals surface area (Å²) in [6, 6.07) is 5.39. The predicted octanol–water partition coefficient (Wildman–Crippen LogP) is 5.24. The van der Waals surface area contributed by atoms with Gasteiger partial charge in [-0.15, -0.1) is 0 Å². The Labute approximate surface area is 127 Å². The SMILES string of the molecule is Cc1cc(OCc2cnc(Cl)cc2Cl)cc(C)c1Cl. The summed E-state index contributed by atoms with van der Waals surface area (Å²) in [5.74, 6) is 0.755. The fourth-order valence-corrected chi connectivity index (χ4v) is 2.22. The molecule has 2 rings (SSSR count). The quantitative estimate of drug-likeness (QED) is 0.723. The maximum Gasteiger partial charge on any atom is 0.130 e. The Bertz CT molecular complexity index is 591. The molecule has 0 bridgehead atoms. The summed E-state index contributed by atoms with van der Waals surface area (Å²) < 4.78 is 5.70. The normalized spacial score (nSPS) is 10.6. The highest BCUT2D eigenvalue weighted by Gasteiger charge is 2.06. The summed E-state index contributed by atoms with van der Waals surface area (Å²) in [6.07, 6.45) is 1.61. The molecule has 0 saturated heterocycles. The van der Waals surface area contributed by atoms with Gasteiger partial charge < -0.3 is 4.74 Å². The molecule has 0 atom stereocenters. The molecule has 0 N–H and O–H groups in total. The van der Waals surface area contributed by atoms with E-state index in [0.29, 0.717) is 16.8 Å². The Morgan fingerprint density at radius 3 is 2.26 bits per heavy atom. The van der Waals surface area contributed by atoms with Gasteiger partial charge in [0, 0.05) is 16.8 Å². The Kier molecular flexibility index (Phi) is 4.56. The van der Waals surface area contributed by atoms with E-state index in [-0.39, 0.29) is 0 Å². The molecule has 0 radical (unpaired) electrons. The van der Waals surface area contributed by atoms with Crippen LogP contribution in [0.4, 0.5) is 0 Å². The summed E-state index contributed by atoms with van der Waals surface area (Å²) in [5, 5.41) is 1.67. The second-order valence-electron chi connectivity index (χ2n) is 4.26. The first-order chi connectivity index (χ1) is 8.97. The van der Waals surface area contributed by atoms with Gasteiger partial charge >= 0.3 is 0 Å². The van der Waals surface area contributed by atoms with Gasteiger partial charge in [-0.25, -0.2) is 4.98 Å². The summed E-state index contributed by atoms with van der Waals surface area (Å²) in [7, 11) is 0. The van der Waals surface area contributed by atoms with Crippen molar-refractivity contribution in [1.29, 1.82) is 0 Å². The monoisotopic (exact) mass is 315 g/mol. The molecule has 0 unspecified atom stereocenters. The number of ether oxygens (including phenoxy) is 1. The van der Waals surface area contributed by atoms with Gasteiger partial charge in [0.2, 0.25) is 0 Å². The van der Waals surface area contributed by atoms with Crippen LogP contribution in [-0.4, -0.2) is 4.98 Å². The van der Waals surface area contributed by atoms with Crippen LogP contribution in [0.1, 0.15) is 16.7 Å². The number of benzene rings is 1. The van der Waals surface area contributed by atoms with E-state index in [4.69, 9.17) is 39.5 Å². The van der Waals surface area contributed by atoms with Crippen molar-refractivity contribution in [2.24, 2.45) is 0 Å². The largest absolute Gasteiger partial charge is 0.489 e. The van der Waals surface area contributed by atoms with Crippen LogP contribution in [0, 0.1) is 13.8 Å². The number of hydrogen-bond donors (Lipinski definition) is 0. The first kappa shape index (κ1) is 14.4. The van der Waals surface area contributed by atoms with E-state index in [9.17, 15) is 0 Å². The molecule has 2 aromatic rings. The minimum absolute atomic E-state index is 0.337. The van der Waals surface area contributed by atoms with Crippen molar-refractivity contribution in [2.45, 2.75) is 20.5 Å². The lowest BCUT2D eigenvalue weighted by Crippen LogP contribution is -1.98. The molecule has 0 fully saturated rings. The standard InChI is InChI=1S/C14H12Cl3NO/c1-8-3-11(4-9(2)14(8)17)19-7-10-6-18-13(16)5-12(10)15/h3-6H,7H2,1-2H3. The van der Waals surface area contributed by atoms with Gasteiger partial charge in [0.1, 0.15) is 17.5 Å². The maximum atomic E-state index is 6.11. The number of halogens is 3. The highest BCUT2D eigenvalue weighted by atomic mass is 35.5. The molecular formula is C14H12Cl3NO. The summed E-state index contributed by atoms with van der Waals surface area (Å²) in [6.45, 7) is 4.22. The molecule has 1 aromatic heterocycles. The van der Waals surface area contributed by atoms with Crippen LogP contribution in [0.2, 0.25) is 15.2 Å². The fourth-order valence-electron chi connectivity index (χ4n) is 1.69. The minimum Gasteiger partial charge on any atom is -0.489 e. The van der Waals surface area contributed by atoms with Crippen molar-refractivity contribution < 1.29 is 4.74 Å². The number of hydrogen-bond acceptors (Lipinski definition) is 2. The summed E-state index contributed by atoms with van der Waals surface area (Å²) >= 11 is 17.9. The van der Waals surface area contributed by atoms with Crippen molar-refractivity contribution >= 4 is 34.8 Å². The number of pyridine rings is 1. The van der Waals surface area contributed by atoms with Gasteiger partial charge in [0.05, 0.1) is 5.02 Å². The number of rotatable bonds is 3. The molecule has 2 nitrogen and oxygen atoms in total. The average molecular weight is 317 g/mol. The topological polar surface area (TPSA) is 22.1 Å². The van der Waals surface area contributed by atoms with Crippen molar-refractivity contribution in [3.8, 4) is 5.75 Å². The molecule has 0 saturated carbocycles. The van der Waals surface area contributed by atoms with Crippen molar-refractivity contribution in [3.63, 3.8) is 0 Å². The Morgan fingerprint density at radius 2 is 1.68 bits per heavy atom. The third-order valence-corrected chi connectivity index (χ3v) is 3.86. The highest BCUT2D eigenvalue weighted by molar-refractivity contribution is 6.34. The second kappa shape index (κ2) is 6.00. The van der Waals surface area contributed by atoms with E-state index < -0.39 is 0 Å². The van der Waals surface area contributed by atoms with Gasteiger partial charge in [-0.05, 0) is 43.2 Å². The Hall–Kier alpha value is -0.960. The van der Waals surface area contributed by atoms with Crippen LogP contribution in [0.25, 0.3) is 0 Å². The molecule has 19 heavy (non-hydrogen) atoms. The molecule has 100 valence electrons. The predicted molar refractivity (Wildman–Crippen MR) is 79.5 cm³/mol. The van der Waals surface area contributed by atoms with Crippen LogP contribution in [0.15, 0.2) is 24.4 Å². The first-order valence-corrected chi connectivity index (χ1v) is 6.80. The summed E-state index contributed by atoms with van der Waals surface area (Å²) in [5.41, 5.74) is 2.75. The van der Waals surface area contributed by atoms with Crippen molar-refractivity contribution in [2.75, 3.05) is 0 Å². The fraction of sp³-hybridized carbons (Fsp3) is 0.214. The molecule has 0 aliphatic carbocycles. The summed E-state index contributed by atoms with van der Waals surface area (Å²) in [4.78, 5) is 3.98. The van der Waals surface area contributed by atoms with Crippen LogP contribution in [0.3, 0.4) is 0 Å². The van der Waals surface area contributed by atoms with Crippen LogP contribution in [0.5, 0.6) is 5.75 Å². The molecule has 0 amide bonds. The van der Waals surface area contributed by atoms with E-state index in [1.165, 1.54) is 0 Å². The lowest BCUT2D eigenvalue weighted by Gasteiger charge is -2.10. The zero-order valence-corrected chi connectivity index (χ0v) is 12.8. The Morgan fingerprint density at radius 1 is 1.05 bits per heavy atom. The second-order valence-corrected chi connectivity index (χ2v) is 5.43. The van der Waals surface area contributed by atoms with Gasteiger partial charge in [-0.2, -0.15) is 0 Å². The van der Waals surface area contributed by atoms with Crippen molar-refractivity contribution in [3.05, 3.63) is 56.3 Å². The zero-order valence-electron chi connectivity index (χ0n) is 10.5. The van der Waals surface area contributed by atoms with Gasteiger partial charge in [0.25, 0.3) is 0 Å². The molecule has 0 aliphatic rings. The molecule has 0 aliphatic heterocycles. The van der Waals surface area contributed by atoms with E-state index >= 15 is 0 Å². The number of aryl methyl sites for hydroxylation is 2. The number of aromatic nitrogens is 1. The number of nitrogens with zero attached hydrogens (tertiary/aromatic N) is 1. The van der Waals surface area contributed by atoms with E-state index in [1.807, 2.05) is 26.0 Å². The average Bonchev–Trinajstić information content (AvgIpc) is 2.34. The maximum absolute atomic E-state index is 6.11. The molecule has 0 spiro atoms. The van der Waals surface area contributed by atoms with E-state index in [0.717, 1.165) is 27.5 Å². The third-order valence-electron chi connectivity index (χ3n) is 2.70. The lowest BCUT2D eigenvalue weighted by molar-refractivity contribution is 0.305. The van der Waals surface area contributed by atoms with Crippen molar-refractivity contribution in [1.82, 2.24) is 4.98 Å². The van der Waals surface area contributed by atoms with Gasteiger partial charge in [0.15, 0.2) is 0 Å². The van der Waals surface area contributed by atoms with Gasteiger partial charge in [-0.1, -0.05) is 34.8 Å². The smallest absolute Gasteiger partial charge is 0.130 e. The van der Waals surface area contributed by atoms with Crippen LogP contribution < -0.4 is 4.74 Å². The molecule has 1 heterocycles. The molecule has 1 aromatic carbocycles. The van der Waals surface area contributed by atoms with Crippen LogP contribution in [-0.2, 0) is 6.61 Å². The third kappa shape index (κ3) is 3.53. The zero-order chi connectivity index (χ0) is 14.0. The lowest BCUT2D eigenvalue weighted by atomic mass is 10.1. The molecular weight excluding hydrogens is 305 g/mol. The molecule has 5 heteroatoms. The minimum atomic E-state index is 0.337. The van der Waals surface area contributed by atoms with E-state index in [1.54, 1.807) is 12.3 Å². The highest BCUT2D eigenvalue weighted by Crippen LogP contribution is 2.27. The van der Waals surface area contributed by atoms with Gasteiger partial charge in [-0.3, -0.25) is 0 Å². The van der Waals surface area contributed by atoms with E-state index in [2.05, 4.69) is 4.98 Å².